The van der Waals surface area contributed by atoms with Crippen molar-refractivity contribution in [3.63, 3.8) is 0 Å². The Morgan fingerprint density at radius 1 is 1.80 bits per heavy atom. The first-order valence-corrected chi connectivity index (χ1v) is 2.83. The van der Waals surface area contributed by atoms with Gasteiger partial charge in [-0.1, -0.05) is 0 Å². The van der Waals surface area contributed by atoms with Gasteiger partial charge in [0.15, 0.2) is 6.10 Å². The molecular weight excluding hydrogens is 138 g/mol. The second-order valence-electron chi connectivity index (χ2n) is 1.90. The van der Waals surface area contributed by atoms with E-state index in [0.29, 0.717) is 0 Å². The first kappa shape index (κ1) is 9.19. The third-order valence-electron chi connectivity index (χ3n) is 0.986. The lowest BCUT2D eigenvalue weighted by atomic mass is 10.2. The van der Waals surface area contributed by atoms with Gasteiger partial charge in [-0.3, -0.25) is 0 Å². The summed E-state index contributed by atoms with van der Waals surface area (Å²) in [6, 6.07) is 0. The molecule has 4 N–H and O–H groups in total. The van der Waals surface area contributed by atoms with Crippen molar-refractivity contribution in [3.8, 4) is 0 Å². The van der Waals surface area contributed by atoms with Gasteiger partial charge in [-0.2, -0.15) is 0 Å². The van der Waals surface area contributed by atoms with Crippen LogP contribution >= 0.6 is 0 Å². The van der Waals surface area contributed by atoms with E-state index in [1.54, 1.807) is 0 Å². The minimum atomic E-state index is -1.00. The second kappa shape index (κ2) is 4.08. The van der Waals surface area contributed by atoms with Gasteiger partial charge in [0.1, 0.15) is 0 Å². The molecule has 0 unspecified atom stereocenters. The predicted octanol–water partition coefficient (Wildman–Crippen LogP) is -1.18. The average molecular weight is 149 g/mol. The molecule has 2 atom stereocenters. The number of nitrogens with two attached hydrogens (primary N) is 1. The fraction of sp³-hybridized carbons (Fsp3) is 0.800. The molecule has 0 aromatic rings. The number of hydrogen-bond donors (Lipinski definition) is 3. The zero-order valence-corrected chi connectivity index (χ0v) is 5.65. The smallest absolute Gasteiger partial charge is 0.404 e. The van der Waals surface area contributed by atoms with Crippen molar-refractivity contribution in [2.45, 2.75) is 19.1 Å². The summed E-state index contributed by atoms with van der Waals surface area (Å²) in [4.78, 5) is 10.1. The molecule has 0 aromatic heterocycles. The number of rotatable bonds is 3. The molecule has 0 fully saturated rings. The summed E-state index contributed by atoms with van der Waals surface area (Å²) in [6.07, 6.45) is -2.82. The van der Waals surface area contributed by atoms with E-state index in [0.717, 1.165) is 0 Å². The molecule has 0 spiro atoms. The van der Waals surface area contributed by atoms with Crippen LogP contribution in [0.25, 0.3) is 0 Å². The largest absolute Gasteiger partial charge is 0.441 e. The first-order chi connectivity index (χ1) is 4.57. The maximum atomic E-state index is 10.1. The molecular formula is C5H11NO4. The zero-order chi connectivity index (χ0) is 8.15. The second-order valence-corrected chi connectivity index (χ2v) is 1.90. The van der Waals surface area contributed by atoms with Gasteiger partial charge in [0.25, 0.3) is 0 Å². The van der Waals surface area contributed by atoms with Gasteiger partial charge in [0, 0.05) is 0 Å². The van der Waals surface area contributed by atoms with Crippen molar-refractivity contribution in [2.75, 3.05) is 6.61 Å². The van der Waals surface area contributed by atoms with Crippen LogP contribution in [-0.2, 0) is 4.74 Å². The van der Waals surface area contributed by atoms with E-state index in [1.807, 2.05) is 0 Å². The maximum Gasteiger partial charge on any atom is 0.404 e. The summed E-state index contributed by atoms with van der Waals surface area (Å²) in [6.45, 7) is 0.963. The lowest BCUT2D eigenvalue weighted by Crippen LogP contribution is -2.34. The Morgan fingerprint density at radius 3 is 2.40 bits per heavy atom. The van der Waals surface area contributed by atoms with Crippen molar-refractivity contribution in [3.05, 3.63) is 0 Å². The Kier molecular flexibility index (Phi) is 3.75. The number of carbonyl (C=O) groups excluding carboxylic acids is 1. The number of hydrogen-bond acceptors (Lipinski definition) is 4. The monoisotopic (exact) mass is 149 g/mol. The number of primary amides is 1. The van der Waals surface area contributed by atoms with E-state index >= 15 is 0 Å². The molecule has 0 saturated heterocycles. The molecule has 0 aromatic carbocycles. The van der Waals surface area contributed by atoms with Crippen molar-refractivity contribution in [1.29, 1.82) is 0 Å². The first-order valence-electron chi connectivity index (χ1n) is 2.83. The molecule has 0 saturated carbocycles. The summed E-state index contributed by atoms with van der Waals surface area (Å²) in [5.74, 6) is 0. The van der Waals surface area contributed by atoms with E-state index in [-0.39, 0.29) is 0 Å². The summed E-state index contributed by atoms with van der Waals surface area (Å²) in [7, 11) is 0. The standard InChI is InChI=1S/C5H11NO4/c1-3(8)4(2-7)10-5(6)9/h3-4,7-8H,2H2,1H3,(H2,6,9)/t3-,4-/m1/s1. The highest BCUT2D eigenvalue weighted by molar-refractivity contribution is 5.64. The highest BCUT2D eigenvalue weighted by Crippen LogP contribution is 1.96. The quantitative estimate of drug-likeness (QED) is 0.471. The van der Waals surface area contributed by atoms with Crippen molar-refractivity contribution >= 4 is 6.09 Å². The Morgan fingerprint density at radius 2 is 2.30 bits per heavy atom. The third-order valence-corrected chi connectivity index (χ3v) is 0.986. The van der Waals surface area contributed by atoms with Crippen LogP contribution in [-0.4, -0.2) is 35.1 Å². The van der Waals surface area contributed by atoms with Gasteiger partial charge >= 0.3 is 6.09 Å². The maximum absolute atomic E-state index is 10.1. The Hall–Kier alpha value is -0.810. The van der Waals surface area contributed by atoms with Crippen LogP contribution in [0.3, 0.4) is 0 Å². The van der Waals surface area contributed by atoms with Crippen LogP contribution in [0.2, 0.25) is 0 Å². The van der Waals surface area contributed by atoms with Gasteiger partial charge in [-0.25, -0.2) is 4.79 Å². The topological polar surface area (TPSA) is 92.8 Å². The van der Waals surface area contributed by atoms with Crippen LogP contribution in [0.5, 0.6) is 0 Å². The lowest BCUT2D eigenvalue weighted by Gasteiger charge is -2.15. The van der Waals surface area contributed by atoms with E-state index in [2.05, 4.69) is 10.5 Å². The molecule has 0 radical (unpaired) electrons. The highest BCUT2D eigenvalue weighted by Gasteiger charge is 2.16. The molecule has 0 bridgehead atoms. The SMILES string of the molecule is C[C@@H](O)[C@@H](CO)OC(N)=O. The average Bonchev–Trinajstić information content (AvgIpc) is 1.81. The molecule has 60 valence electrons. The number of amides is 1. The van der Waals surface area contributed by atoms with Gasteiger partial charge in [-0.15, -0.1) is 0 Å². The number of aliphatic hydroxyl groups is 2. The van der Waals surface area contributed by atoms with Crippen molar-refractivity contribution in [2.24, 2.45) is 5.73 Å². The molecule has 0 aliphatic heterocycles. The molecule has 0 aliphatic carbocycles. The Balaban J connectivity index is 3.71. The minimum Gasteiger partial charge on any atom is -0.441 e. The summed E-state index contributed by atoms with van der Waals surface area (Å²) in [5.41, 5.74) is 4.62. The molecule has 5 heteroatoms. The Bertz CT molecular complexity index is 114. The lowest BCUT2D eigenvalue weighted by molar-refractivity contribution is -0.0145. The molecule has 1 amide bonds. The van der Waals surface area contributed by atoms with E-state index in [1.165, 1.54) is 6.92 Å². The normalized spacial score (nSPS) is 15.9. The number of ether oxygens (including phenoxy) is 1. The van der Waals surface area contributed by atoms with Crippen molar-refractivity contribution in [1.82, 2.24) is 0 Å². The fourth-order valence-corrected chi connectivity index (χ4v) is 0.437. The molecule has 10 heavy (non-hydrogen) atoms. The van der Waals surface area contributed by atoms with E-state index in [4.69, 9.17) is 10.2 Å². The molecule has 0 aliphatic rings. The molecule has 5 nitrogen and oxygen atoms in total. The fourth-order valence-electron chi connectivity index (χ4n) is 0.437. The number of aliphatic hydroxyl groups excluding tert-OH is 2. The van der Waals surface area contributed by atoms with Gasteiger partial charge in [-0.05, 0) is 6.92 Å². The summed E-state index contributed by atoms with van der Waals surface area (Å²) < 4.78 is 4.30. The third kappa shape index (κ3) is 3.26. The van der Waals surface area contributed by atoms with Crippen molar-refractivity contribution < 1.29 is 19.7 Å². The Labute approximate surface area is 58.4 Å². The summed E-state index contributed by atoms with van der Waals surface area (Å²) in [5, 5.41) is 17.2. The number of carbonyl (C=O) groups is 1. The van der Waals surface area contributed by atoms with Crippen LogP contribution in [0.15, 0.2) is 0 Å². The van der Waals surface area contributed by atoms with E-state index < -0.39 is 24.9 Å². The van der Waals surface area contributed by atoms with Crippen LogP contribution < -0.4 is 5.73 Å². The van der Waals surface area contributed by atoms with Gasteiger partial charge in [0.2, 0.25) is 0 Å². The summed E-state index contributed by atoms with van der Waals surface area (Å²) >= 11 is 0. The van der Waals surface area contributed by atoms with Crippen LogP contribution in [0.4, 0.5) is 4.79 Å². The highest BCUT2D eigenvalue weighted by atomic mass is 16.6. The van der Waals surface area contributed by atoms with Gasteiger partial charge in [0.05, 0.1) is 12.7 Å². The van der Waals surface area contributed by atoms with Gasteiger partial charge < -0.3 is 20.7 Å². The zero-order valence-electron chi connectivity index (χ0n) is 5.65. The van der Waals surface area contributed by atoms with Crippen LogP contribution in [0.1, 0.15) is 6.92 Å². The minimum absolute atomic E-state index is 0.430. The molecule has 0 heterocycles. The van der Waals surface area contributed by atoms with Crippen LogP contribution in [0, 0.1) is 0 Å². The molecule has 0 rings (SSSR count). The predicted molar refractivity (Wildman–Crippen MR) is 33.2 cm³/mol. The van der Waals surface area contributed by atoms with E-state index in [9.17, 15) is 4.79 Å².